The number of guanidine groups is 1. The minimum Gasteiger partial charge on any atom is -0.380 e. The predicted octanol–water partition coefficient (Wildman–Crippen LogP) is 4.13. The molecule has 0 fully saturated rings. The monoisotopic (exact) mass is 487 g/mol. The van der Waals surface area contributed by atoms with E-state index in [-0.39, 0.29) is 24.0 Å². The molecule has 1 heterocycles. The van der Waals surface area contributed by atoms with E-state index in [0.717, 1.165) is 29.6 Å². The maximum atomic E-state index is 4.43. The molecule has 0 amide bonds. The average molecular weight is 487 g/mol. The quantitative estimate of drug-likeness (QED) is 0.298. The summed E-state index contributed by atoms with van der Waals surface area (Å²) in [5.74, 6) is 1.30. The lowest BCUT2D eigenvalue weighted by molar-refractivity contribution is 0.512. The van der Waals surface area contributed by atoms with Gasteiger partial charge in [-0.3, -0.25) is 4.99 Å². The molecule has 26 heavy (non-hydrogen) atoms. The zero-order chi connectivity index (χ0) is 18.1. The lowest BCUT2D eigenvalue weighted by Gasteiger charge is -2.25. The second kappa shape index (κ2) is 12.1. The molecule has 0 aliphatic carbocycles. The highest BCUT2D eigenvalue weighted by atomic mass is 127. The van der Waals surface area contributed by atoms with E-state index in [4.69, 9.17) is 0 Å². The summed E-state index contributed by atoms with van der Waals surface area (Å²) < 4.78 is 0. The number of aryl methyl sites for hydroxylation is 1. The van der Waals surface area contributed by atoms with E-state index in [1.165, 1.54) is 4.88 Å². The Morgan fingerprint density at radius 3 is 2.50 bits per heavy atom. The lowest BCUT2D eigenvalue weighted by Crippen LogP contribution is -2.44. The number of hydrogen-bond acceptors (Lipinski definition) is 4. The first-order chi connectivity index (χ1) is 12.1. The van der Waals surface area contributed by atoms with Crippen LogP contribution in [0.4, 0.5) is 5.69 Å². The van der Waals surface area contributed by atoms with Gasteiger partial charge in [0.2, 0.25) is 0 Å². The molecule has 2 rings (SSSR count). The van der Waals surface area contributed by atoms with Crippen LogP contribution in [-0.4, -0.2) is 30.6 Å². The number of anilines is 1. The molecule has 1 aromatic carbocycles. The Hall–Kier alpha value is -1.35. The lowest BCUT2D eigenvalue weighted by atomic mass is 10.0. The molecule has 0 saturated heterocycles. The Balaban J connectivity index is 0.00000338. The van der Waals surface area contributed by atoms with E-state index >= 15 is 0 Å². The van der Waals surface area contributed by atoms with Crippen molar-refractivity contribution in [1.29, 1.82) is 0 Å². The van der Waals surface area contributed by atoms with Gasteiger partial charge in [-0.05, 0) is 24.5 Å². The first-order valence-electron chi connectivity index (χ1n) is 8.82. The van der Waals surface area contributed by atoms with Crippen LogP contribution in [0.1, 0.15) is 30.7 Å². The normalized spacial score (nSPS) is 12.4. The van der Waals surface area contributed by atoms with Crippen LogP contribution in [0, 0.1) is 5.92 Å². The Bertz CT molecular complexity index is 657. The molecule has 0 bridgehead atoms. The SMILES string of the molecule is CCc1cnc(CNC(=NC)NCC(Nc2ccccc2)C(C)C)s1.I. The maximum absolute atomic E-state index is 4.43. The highest BCUT2D eigenvalue weighted by Crippen LogP contribution is 2.13. The minimum absolute atomic E-state index is 0. The fourth-order valence-corrected chi connectivity index (χ4v) is 3.18. The van der Waals surface area contributed by atoms with E-state index in [2.05, 4.69) is 58.8 Å². The van der Waals surface area contributed by atoms with Crippen molar-refractivity contribution in [3.8, 4) is 0 Å². The zero-order valence-corrected chi connectivity index (χ0v) is 19.1. The average Bonchev–Trinajstić information content (AvgIpc) is 3.09. The maximum Gasteiger partial charge on any atom is 0.191 e. The van der Waals surface area contributed by atoms with Crippen molar-refractivity contribution in [3.05, 3.63) is 46.4 Å². The van der Waals surface area contributed by atoms with Gasteiger partial charge in [-0.1, -0.05) is 39.0 Å². The van der Waals surface area contributed by atoms with Crippen molar-refractivity contribution in [2.45, 2.75) is 39.8 Å². The topological polar surface area (TPSA) is 61.3 Å². The summed E-state index contributed by atoms with van der Waals surface area (Å²) in [7, 11) is 1.80. The molecule has 1 atom stereocenters. The third-order valence-corrected chi connectivity index (χ3v) is 5.14. The summed E-state index contributed by atoms with van der Waals surface area (Å²) in [5.41, 5.74) is 1.14. The number of benzene rings is 1. The number of para-hydroxylation sites is 1. The number of halogens is 1. The van der Waals surface area contributed by atoms with Gasteiger partial charge in [0.15, 0.2) is 5.96 Å². The molecule has 0 radical (unpaired) electrons. The summed E-state index contributed by atoms with van der Waals surface area (Å²) in [4.78, 5) is 10.1. The largest absolute Gasteiger partial charge is 0.380 e. The smallest absolute Gasteiger partial charge is 0.191 e. The minimum atomic E-state index is 0. The predicted molar refractivity (Wildman–Crippen MR) is 124 cm³/mol. The van der Waals surface area contributed by atoms with Crippen molar-refractivity contribution in [2.24, 2.45) is 10.9 Å². The van der Waals surface area contributed by atoms with Crippen LogP contribution >= 0.6 is 35.3 Å². The number of thiazole rings is 1. The van der Waals surface area contributed by atoms with Gasteiger partial charge in [0, 0.05) is 36.4 Å². The Kier molecular flexibility index (Phi) is 10.6. The van der Waals surface area contributed by atoms with E-state index in [9.17, 15) is 0 Å². The van der Waals surface area contributed by atoms with Crippen LogP contribution in [0.5, 0.6) is 0 Å². The van der Waals surface area contributed by atoms with Crippen LogP contribution in [0.15, 0.2) is 41.5 Å². The van der Waals surface area contributed by atoms with Gasteiger partial charge in [0.1, 0.15) is 5.01 Å². The number of hydrogen-bond donors (Lipinski definition) is 3. The van der Waals surface area contributed by atoms with Gasteiger partial charge in [0.05, 0.1) is 6.54 Å². The van der Waals surface area contributed by atoms with Crippen molar-refractivity contribution in [3.63, 3.8) is 0 Å². The molecule has 0 spiro atoms. The summed E-state index contributed by atoms with van der Waals surface area (Å²) in [5, 5.41) is 11.4. The molecule has 3 N–H and O–H groups in total. The number of rotatable bonds is 8. The molecule has 0 aliphatic heterocycles. The van der Waals surface area contributed by atoms with Gasteiger partial charge in [0.25, 0.3) is 0 Å². The molecular formula is C19H30IN5S. The van der Waals surface area contributed by atoms with Crippen molar-refractivity contribution in [2.75, 3.05) is 18.9 Å². The van der Waals surface area contributed by atoms with Gasteiger partial charge < -0.3 is 16.0 Å². The van der Waals surface area contributed by atoms with Crippen LogP contribution in [0.2, 0.25) is 0 Å². The standard InChI is InChI=1S/C19H29N5S.HI/c1-5-16-11-21-18(25-16)13-23-19(20-4)22-12-17(14(2)3)24-15-9-7-6-8-10-15;/h6-11,14,17,24H,5,12-13H2,1-4H3,(H2,20,22,23);1H. The number of aliphatic imine (C=N–C) groups is 1. The fourth-order valence-electron chi connectivity index (χ4n) is 2.38. The van der Waals surface area contributed by atoms with Crippen LogP contribution in [0.25, 0.3) is 0 Å². The van der Waals surface area contributed by atoms with E-state index in [1.54, 1.807) is 18.4 Å². The highest BCUT2D eigenvalue weighted by molar-refractivity contribution is 14.0. The number of nitrogens with zero attached hydrogens (tertiary/aromatic N) is 2. The van der Waals surface area contributed by atoms with Crippen molar-refractivity contribution >= 4 is 47.0 Å². The zero-order valence-electron chi connectivity index (χ0n) is 16.0. The van der Waals surface area contributed by atoms with E-state index in [1.807, 2.05) is 24.4 Å². The summed E-state index contributed by atoms with van der Waals surface area (Å²) in [6.45, 7) is 8.09. The Morgan fingerprint density at radius 2 is 1.92 bits per heavy atom. The highest BCUT2D eigenvalue weighted by Gasteiger charge is 2.14. The Labute approximate surface area is 178 Å². The third kappa shape index (κ3) is 7.49. The van der Waals surface area contributed by atoms with Gasteiger partial charge in [-0.25, -0.2) is 4.98 Å². The van der Waals surface area contributed by atoms with E-state index < -0.39 is 0 Å². The number of aromatic nitrogens is 1. The summed E-state index contributed by atoms with van der Waals surface area (Å²) in [6, 6.07) is 10.6. The second-order valence-electron chi connectivity index (χ2n) is 6.24. The first kappa shape index (κ1) is 22.7. The van der Waals surface area contributed by atoms with Gasteiger partial charge >= 0.3 is 0 Å². The van der Waals surface area contributed by atoms with Crippen LogP contribution in [-0.2, 0) is 13.0 Å². The molecule has 0 aliphatic rings. The molecule has 1 aromatic heterocycles. The third-order valence-electron chi connectivity index (χ3n) is 4.00. The van der Waals surface area contributed by atoms with Crippen molar-refractivity contribution < 1.29 is 0 Å². The molecular weight excluding hydrogens is 457 g/mol. The van der Waals surface area contributed by atoms with Crippen LogP contribution < -0.4 is 16.0 Å². The molecule has 2 aromatic rings. The van der Waals surface area contributed by atoms with Crippen LogP contribution in [0.3, 0.4) is 0 Å². The second-order valence-corrected chi connectivity index (χ2v) is 7.44. The number of nitrogens with one attached hydrogen (secondary N) is 3. The van der Waals surface area contributed by atoms with Gasteiger partial charge in [-0.15, -0.1) is 35.3 Å². The fraction of sp³-hybridized carbons (Fsp3) is 0.474. The molecule has 7 heteroatoms. The Morgan fingerprint density at radius 1 is 1.19 bits per heavy atom. The first-order valence-corrected chi connectivity index (χ1v) is 9.63. The molecule has 0 saturated carbocycles. The summed E-state index contributed by atoms with van der Waals surface area (Å²) >= 11 is 1.75. The molecule has 144 valence electrons. The molecule has 5 nitrogen and oxygen atoms in total. The van der Waals surface area contributed by atoms with E-state index in [0.29, 0.717) is 18.5 Å². The summed E-state index contributed by atoms with van der Waals surface area (Å²) in [6.07, 6.45) is 2.99. The van der Waals surface area contributed by atoms with Gasteiger partial charge in [-0.2, -0.15) is 0 Å². The van der Waals surface area contributed by atoms with Crippen molar-refractivity contribution in [1.82, 2.24) is 15.6 Å². The molecule has 1 unspecified atom stereocenters.